The third-order valence-corrected chi connectivity index (χ3v) is 7.62. The van der Waals surface area contributed by atoms with Gasteiger partial charge in [-0.1, -0.05) is 6.07 Å². The molecule has 1 saturated heterocycles. The molecule has 0 unspecified atom stereocenters. The SMILES string of the molecule is Cl.O=C(O)/C=C/c1cnc2c(c1)CCC(=O)N2.O=C1CCc2cc(/C=C/C(=O)N3CC(OCc4cccs4)C3)cnc2N1. The molecular formula is C30H30ClN5O6S. The number of carbonyl (C=O) groups excluding carboxylic acids is 3. The van der Waals surface area contributed by atoms with Gasteiger partial charge in [0.05, 0.1) is 12.7 Å². The fraction of sp³-hybridized carbons (Fsp3) is 0.267. The van der Waals surface area contributed by atoms with Crippen LogP contribution in [-0.2, 0) is 43.4 Å². The summed E-state index contributed by atoms with van der Waals surface area (Å²) in [6.07, 6.45) is 11.4. The third kappa shape index (κ3) is 8.80. The zero-order valence-electron chi connectivity index (χ0n) is 23.0. The molecule has 0 bridgehead atoms. The van der Waals surface area contributed by atoms with Crippen molar-refractivity contribution in [1.29, 1.82) is 0 Å². The van der Waals surface area contributed by atoms with Crippen molar-refractivity contribution in [3.05, 3.63) is 81.3 Å². The van der Waals surface area contributed by atoms with Crippen LogP contribution in [0.5, 0.6) is 0 Å². The number of aryl methyl sites for hydroxylation is 2. The van der Waals surface area contributed by atoms with Gasteiger partial charge < -0.3 is 25.4 Å². The Bertz CT molecular complexity index is 1550. The van der Waals surface area contributed by atoms with Gasteiger partial charge in [0.2, 0.25) is 17.7 Å². The van der Waals surface area contributed by atoms with E-state index in [1.165, 1.54) is 17.2 Å². The summed E-state index contributed by atoms with van der Waals surface area (Å²) in [4.78, 5) is 56.3. The maximum Gasteiger partial charge on any atom is 0.328 e. The molecule has 11 nitrogen and oxygen atoms in total. The molecule has 3 amide bonds. The van der Waals surface area contributed by atoms with Crippen LogP contribution >= 0.6 is 23.7 Å². The number of aromatic nitrogens is 2. The predicted octanol–water partition coefficient (Wildman–Crippen LogP) is 3.95. The number of aliphatic carboxylic acids is 1. The van der Waals surface area contributed by atoms with Crippen molar-refractivity contribution in [2.45, 2.75) is 38.4 Å². The average molecular weight is 624 g/mol. The van der Waals surface area contributed by atoms with Gasteiger partial charge in [-0.15, -0.1) is 23.7 Å². The lowest BCUT2D eigenvalue weighted by atomic mass is 10.0. The van der Waals surface area contributed by atoms with Gasteiger partial charge >= 0.3 is 5.97 Å². The summed E-state index contributed by atoms with van der Waals surface area (Å²) < 4.78 is 5.78. The number of nitrogens with one attached hydrogen (secondary N) is 2. The third-order valence-electron chi connectivity index (χ3n) is 6.77. The summed E-state index contributed by atoms with van der Waals surface area (Å²) in [5, 5.41) is 15.9. The van der Waals surface area contributed by atoms with Crippen LogP contribution in [0.15, 0.2) is 54.2 Å². The highest BCUT2D eigenvalue weighted by molar-refractivity contribution is 7.09. The number of amides is 3. The molecule has 1 fully saturated rings. The zero-order chi connectivity index (χ0) is 29.5. The number of rotatable bonds is 7. The lowest BCUT2D eigenvalue weighted by Crippen LogP contribution is -2.54. The van der Waals surface area contributed by atoms with Gasteiger partial charge in [0.15, 0.2) is 0 Å². The smallest absolute Gasteiger partial charge is 0.328 e. The lowest BCUT2D eigenvalue weighted by Gasteiger charge is -2.38. The minimum Gasteiger partial charge on any atom is -0.478 e. The number of hydrogen-bond acceptors (Lipinski definition) is 8. The van der Waals surface area contributed by atoms with Crippen molar-refractivity contribution in [1.82, 2.24) is 14.9 Å². The van der Waals surface area contributed by atoms with E-state index in [0.717, 1.165) is 28.3 Å². The van der Waals surface area contributed by atoms with Gasteiger partial charge in [0, 0.05) is 55.4 Å². The molecule has 13 heteroatoms. The molecular weight excluding hydrogens is 594 g/mol. The maximum atomic E-state index is 12.2. The van der Waals surface area contributed by atoms with E-state index >= 15 is 0 Å². The molecule has 3 N–H and O–H groups in total. The van der Waals surface area contributed by atoms with E-state index in [-0.39, 0.29) is 36.2 Å². The van der Waals surface area contributed by atoms with Crippen LogP contribution < -0.4 is 10.6 Å². The molecule has 6 heterocycles. The number of carboxylic acid groups (broad SMARTS) is 1. The summed E-state index contributed by atoms with van der Waals surface area (Å²) >= 11 is 1.68. The molecule has 0 radical (unpaired) electrons. The molecule has 0 spiro atoms. The van der Waals surface area contributed by atoms with E-state index in [2.05, 4.69) is 20.6 Å². The highest BCUT2D eigenvalue weighted by atomic mass is 35.5. The zero-order valence-corrected chi connectivity index (χ0v) is 24.7. The molecule has 43 heavy (non-hydrogen) atoms. The molecule has 0 atom stereocenters. The van der Waals surface area contributed by atoms with E-state index < -0.39 is 5.97 Å². The van der Waals surface area contributed by atoms with Gasteiger partial charge in [-0.3, -0.25) is 14.4 Å². The van der Waals surface area contributed by atoms with E-state index in [0.29, 0.717) is 57.0 Å². The number of thiophene rings is 1. The number of ether oxygens (including phenoxy) is 1. The molecule has 3 aliphatic heterocycles. The van der Waals surface area contributed by atoms with E-state index in [1.54, 1.807) is 34.6 Å². The molecule has 6 rings (SSSR count). The quantitative estimate of drug-likeness (QED) is 0.335. The fourth-order valence-corrected chi connectivity index (χ4v) is 5.12. The number of pyridine rings is 2. The van der Waals surface area contributed by atoms with Crippen molar-refractivity contribution < 1.29 is 29.0 Å². The second kappa shape index (κ2) is 14.7. The van der Waals surface area contributed by atoms with Gasteiger partial charge in [0.25, 0.3) is 0 Å². The number of nitrogens with zero attached hydrogens (tertiary/aromatic N) is 3. The summed E-state index contributed by atoms with van der Waals surface area (Å²) in [5.41, 5.74) is 3.52. The minimum absolute atomic E-state index is 0. The number of hydrogen-bond donors (Lipinski definition) is 3. The minimum atomic E-state index is -0.994. The molecule has 0 aromatic carbocycles. The standard InChI is InChI=1S/C19H19N3O3S.C11H10N2O3.ClH/c23-17-5-4-14-8-13(9-20-19(14)21-17)3-6-18(24)22-10-15(11-22)25-12-16-2-1-7-26-16;14-9-3-2-8-5-7(1-4-10(15)16)6-12-11(8)13-9;/h1-3,6-9,15H,4-5,10-12H2,(H,20,21,23);1,4-6H,2-3H2,(H,15,16)(H,12,13,14);1H/b6-3+;4-1+;. The second-order valence-electron chi connectivity index (χ2n) is 9.91. The number of likely N-dealkylation sites (tertiary alicyclic amines) is 1. The van der Waals surface area contributed by atoms with Gasteiger partial charge in [0.1, 0.15) is 11.6 Å². The maximum absolute atomic E-state index is 12.2. The van der Waals surface area contributed by atoms with Crippen molar-refractivity contribution in [2.24, 2.45) is 0 Å². The molecule has 3 aromatic heterocycles. The summed E-state index contributed by atoms with van der Waals surface area (Å²) in [7, 11) is 0. The Kier molecular flexibility index (Phi) is 10.8. The Morgan fingerprint density at radius 2 is 1.53 bits per heavy atom. The monoisotopic (exact) mass is 623 g/mol. The normalized spacial score (nSPS) is 15.8. The number of carbonyl (C=O) groups is 4. The van der Waals surface area contributed by atoms with Crippen molar-refractivity contribution in [3.8, 4) is 0 Å². The highest BCUT2D eigenvalue weighted by Gasteiger charge is 2.30. The van der Waals surface area contributed by atoms with Crippen molar-refractivity contribution in [2.75, 3.05) is 23.7 Å². The predicted molar refractivity (Wildman–Crippen MR) is 165 cm³/mol. The van der Waals surface area contributed by atoms with Gasteiger partial charge in [-0.05, 0) is 70.8 Å². The average Bonchev–Trinajstić information content (AvgIpc) is 3.48. The molecule has 0 saturated carbocycles. The Labute approximate surface area is 258 Å². The number of anilines is 2. The first-order valence-electron chi connectivity index (χ1n) is 13.4. The Hall–Kier alpha value is -4.39. The largest absolute Gasteiger partial charge is 0.478 e. The van der Waals surface area contributed by atoms with Crippen LogP contribution in [0.1, 0.15) is 40.0 Å². The molecule has 224 valence electrons. The Balaban J connectivity index is 0.000000215. The summed E-state index contributed by atoms with van der Waals surface area (Å²) in [6, 6.07) is 7.86. The number of carboxylic acids is 1. The lowest BCUT2D eigenvalue weighted by molar-refractivity contribution is -0.140. The second-order valence-corrected chi connectivity index (χ2v) is 10.9. The van der Waals surface area contributed by atoms with Gasteiger partial charge in [-0.25, -0.2) is 14.8 Å². The first-order chi connectivity index (χ1) is 20.3. The van der Waals surface area contributed by atoms with E-state index in [9.17, 15) is 19.2 Å². The number of fused-ring (bicyclic) bond motifs is 2. The fourth-order valence-electron chi connectivity index (χ4n) is 4.49. The molecule has 0 aliphatic carbocycles. The Morgan fingerprint density at radius 1 is 0.953 bits per heavy atom. The van der Waals surface area contributed by atoms with Crippen LogP contribution in [0.4, 0.5) is 11.6 Å². The first kappa shape index (κ1) is 31.5. The molecule has 3 aliphatic rings. The van der Waals surface area contributed by atoms with Crippen LogP contribution in [0, 0.1) is 0 Å². The topological polar surface area (TPSA) is 151 Å². The number of halogens is 1. The van der Waals surface area contributed by atoms with Crippen LogP contribution in [0.2, 0.25) is 0 Å². The first-order valence-corrected chi connectivity index (χ1v) is 14.3. The molecule has 3 aromatic rings. The van der Waals surface area contributed by atoms with Crippen LogP contribution in [0.3, 0.4) is 0 Å². The van der Waals surface area contributed by atoms with Gasteiger partial charge in [-0.2, -0.15) is 0 Å². The van der Waals surface area contributed by atoms with Crippen LogP contribution in [0.25, 0.3) is 12.2 Å². The highest BCUT2D eigenvalue weighted by Crippen LogP contribution is 2.23. The van der Waals surface area contributed by atoms with E-state index in [4.69, 9.17) is 9.84 Å². The van der Waals surface area contributed by atoms with Crippen molar-refractivity contribution >= 4 is 71.2 Å². The summed E-state index contributed by atoms with van der Waals surface area (Å²) in [6.45, 7) is 1.86. The Morgan fingerprint density at radius 3 is 2.07 bits per heavy atom. The summed E-state index contributed by atoms with van der Waals surface area (Å²) in [5.74, 6) is 0.144. The van der Waals surface area contributed by atoms with Crippen LogP contribution in [-0.4, -0.2) is 62.9 Å². The van der Waals surface area contributed by atoms with Crippen molar-refractivity contribution in [3.63, 3.8) is 0 Å². The van der Waals surface area contributed by atoms with E-state index in [1.807, 2.05) is 29.6 Å².